The average Bonchev–Trinajstić information content (AvgIpc) is 3.07. The molecule has 0 fully saturated rings. The Hall–Kier alpha value is -2.87. The molecule has 0 bridgehead atoms. The van der Waals surface area contributed by atoms with Crippen LogP contribution >= 0.6 is 0 Å². The lowest BCUT2D eigenvalue weighted by atomic mass is 10.2. The Balaban J connectivity index is 1.95. The Labute approximate surface area is 176 Å². The number of hydrogen-bond acceptors (Lipinski definition) is 5. The predicted octanol–water partition coefficient (Wildman–Crippen LogP) is 2.74. The van der Waals surface area contributed by atoms with Crippen molar-refractivity contribution in [2.24, 2.45) is 0 Å². The SMILES string of the molecule is CCCCn1c(=O)[nH]c(=O)c2c1nc(CN(C)Cc1ccccc1OCC)n2CC. The zero-order valence-electron chi connectivity index (χ0n) is 18.3. The number of fused-ring (bicyclic) bond motifs is 1. The van der Waals surface area contributed by atoms with Crippen LogP contribution in [0.3, 0.4) is 0 Å². The van der Waals surface area contributed by atoms with Crippen molar-refractivity contribution in [3.05, 3.63) is 56.5 Å². The lowest BCUT2D eigenvalue weighted by Crippen LogP contribution is -2.31. The van der Waals surface area contributed by atoms with E-state index in [0.717, 1.165) is 30.0 Å². The number of hydrogen-bond donors (Lipinski definition) is 1. The minimum absolute atomic E-state index is 0.382. The van der Waals surface area contributed by atoms with Gasteiger partial charge in [-0.15, -0.1) is 0 Å². The van der Waals surface area contributed by atoms with Crippen molar-refractivity contribution in [3.63, 3.8) is 0 Å². The summed E-state index contributed by atoms with van der Waals surface area (Å²) in [6.45, 7) is 9.01. The molecule has 8 nitrogen and oxygen atoms in total. The summed E-state index contributed by atoms with van der Waals surface area (Å²) < 4.78 is 9.22. The molecule has 8 heteroatoms. The van der Waals surface area contributed by atoms with Gasteiger partial charge in [0.2, 0.25) is 0 Å². The standard InChI is InChI=1S/C22H31N5O3/c1-5-8-13-27-20-19(21(28)24-22(27)29)26(6-2)18(23-20)15-25(4)14-16-11-9-10-12-17(16)30-7-3/h9-12H,5-8,13-15H2,1-4H3,(H,24,28,29). The van der Waals surface area contributed by atoms with Crippen LogP contribution in [0.5, 0.6) is 5.75 Å². The van der Waals surface area contributed by atoms with Gasteiger partial charge in [0.1, 0.15) is 11.6 Å². The summed E-state index contributed by atoms with van der Waals surface area (Å²) in [4.78, 5) is 34.2. The average molecular weight is 414 g/mol. The second kappa shape index (κ2) is 9.75. The second-order valence-corrected chi connectivity index (χ2v) is 7.42. The van der Waals surface area contributed by atoms with E-state index in [1.54, 1.807) is 4.57 Å². The van der Waals surface area contributed by atoms with Crippen molar-refractivity contribution in [3.8, 4) is 5.75 Å². The lowest BCUT2D eigenvalue weighted by molar-refractivity contribution is 0.289. The highest BCUT2D eigenvalue weighted by Gasteiger charge is 2.19. The molecule has 2 aromatic heterocycles. The summed E-state index contributed by atoms with van der Waals surface area (Å²) in [5.41, 5.74) is 1.25. The number of H-pyrrole nitrogens is 1. The minimum Gasteiger partial charge on any atom is -0.494 e. The first-order chi connectivity index (χ1) is 14.5. The molecule has 0 saturated heterocycles. The Morgan fingerprint density at radius 3 is 2.57 bits per heavy atom. The number of nitrogens with zero attached hydrogens (tertiary/aromatic N) is 4. The lowest BCUT2D eigenvalue weighted by Gasteiger charge is -2.19. The van der Waals surface area contributed by atoms with E-state index < -0.39 is 5.69 Å². The van der Waals surface area contributed by atoms with Gasteiger partial charge in [0.15, 0.2) is 11.2 Å². The molecule has 0 spiro atoms. The molecule has 3 rings (SSSR count). The van der Waals surface area contributed by atoms with E-state index in [1.807, 2.05) is 43.7 Å². The molecule has 3 aromatic rings. The van der Waals surface area contributed by atoms with Crippen LogP contribution in [0.1, 0.15) is 45.0 Å². The third kappa shape index (κ3) is 4.48. The largest absolute Gasteiger partial charge is 0.494 e. The smallest absolute Gasteiger partial charge is 0.330 e. The molecule has 0 radical (unpaired) electrons. The Morgan fingerprint density at radius 2 is 1.87 bits per heavy atom. The number of aryl methyl sites for hydroxylation is 2. The molecule has 0 aliphatic carbocycles. The molecule has 0 aliphatic heterocycles. The third-order valence-electron chi connectivity index (χ3n) is 5.14. The van der Waals surface area contributed by atoms with Gasteiger partial charge in [-0.25, -0.2) is 9.78 Å². The molecule has 0 saturated carbocycles. The maximum absolute atomic E-state index is 12.6. The van der Waals surface area contributed by atoms with Gasteiger partial charge >= 0.3 is 5.69 Å². The maximum atomic E-state index is 12.6. The fraction of sp³-hybridized carbons (Fsp3) is 0.500. The molecular formula is C22H31N5O3. The number of unbranched alkanes of at least 4 members (excludes halogenated alkanes) is 1. The summed E-state index contributed by atoms with van der Waals surface area (Å²) in [5.74, 6) is 1.64. The molecule has 2 heterocycles. The molecule has 30 heavy (non-hydrogen) atoms. The Kier molecular flexibility index (Phi) is 7.10. The normalized spacial score (nSPS) is 11.5. The predicted molar refractivity (Wildman–Crippen MR) is 118 cm³/mol. The van der Waals surface area contributed by atoms with Gasteiger partial charge in [0.05, 0.1) is 13.2 Å². The molecular weight excluding hydrogens is 382 g/mol. The van der Waals surface area contributed by atoms with Crippen molar-refractivity contribution in [2.75, 3.05) is 13.7 Å². The molecule has 1 aromatic carbocycles. The van der Waals surface area contributed by atoms with Gasteiger partial charge < -0.3 is 9.30 Å². The number of imidazole rings is 1. The van der Waals surface area contributed by atoms with Crippen molar-refractivity contribution in [1.29, 1.82) is 0 Å². The quantitative estimate of drug-likeness (QED) is 0.552. The monoisotopic (exact) mass is 413 g/mol. The van der Waals surface area contributed by atoms with Gasteiger partial charge in [0.25, 0.3) is 5.56 Å². The van der Waals surface area contributed by atoms with Crippen LogP contribution in [-0.2, 0) is 26.2 Å². The summed E-state index contributed by atoms with van der Waals surface area (Å²) in [6, 6.07) is 7.99. The topological polar surface area (TPSA) is 85.2 Å². The molecule has 1 N–H and O–H groups in total. The van der Waals surface area contributed by atoms with Gasteiger partial charge in [-0.1, -0.05) is 31.5 Å². The molecule has 0 unspecified atom stereocenters. The number of benzene rings is 1. The number of para-hydroxylation sites is 1. The fourth-order valence-corrected chi connectivity index (χ4v) is 3.72. The number of ether oxygens (including phenoxy) is 1. The summed E-state index contributed by atoms with van der Waals surface area (Å²) in [5, 5.41) is 0. The van der Waals surface area contributed by atoms with Crippen molar-refractivity contribution in [1.82, 2.24) is 24.0 Å². The Morgan fingerprint density at radius 1 is 1.10 bits per heavy atom. The first-order valence-corrected chi connectivity index (χ1v) is 10.6. The van der Waals surface area contributed by atoms with E-state index in [4.69, 9.17) is 9.72 Å². The van der Waals surface area contributed by atoms with Gasteiger partial charge in [-0.3, -0.25) is 19.2 Å². The van der Waals surface area contributed by atoms with Crippen molar-refractivity contribution < 1.29 is 4.74 Å². The first kappa shape index (κ1) is 21.8. The van der Waals surface area contributed by atoms with E-state index in [9.17, 15) is 9.59 Å². The number of aromatic nitrogens is 4. The van der Waals surface area contributed by atoms with Crippen LogP contribution in [0.4, 0.5) is 0 Å². The zero-order chi connectivity index (χ0) is 21.7. The molecule has 0 amide bonds. The molecule has 0 aliphatic rings. The zero-order valence-corrected chi connectivity index (χ0v) is 18.3. The third-order valence-corrected chi connectivity index (χ3v) is 5.14. The minimum atomic E-state index is -0.396. The summed E-state index contributed by atoms with van der Waals surface area (Å²) >= 11 is 0. The maximum Gasteiger partial charge on any atom is 0.330 e. The highest BCUT2D eigenvalue weighted by atomic mass is 16.5. The van der Waals surface area contributed by atoms with Crippen LogP contribution in [0.25, 0.3) is 11.2 Å². The highest BCUT2D eigenvalue weighted by Crippen LogP contribution is 2.21. The van der Waals surface area contributed by atoms with Crippen molar-refractivity contribution in [2.45, 2.75) is 59.8 Å². The number of rotatable bonds is 10. The van der Waals surface area contributed by atoms with Gasteiger partial charge in [-0.05, 0) is 33.4 Å². The molecule has 0 atom stereocenters. The second-order valence-electron chi connectivity index (χ2n) is 7.42. The van der Waals surface area contributed by atoms with Crippen LogP contribution in [0, 0.1) is 0 Å². The van der Waals surface area contributed by atoms with E-state index in [-0.39, 0.29) is 5.56 Å². The summed E-state index contributed by atoms with van der Waals surface area (Å²) in [6.07, 6.45) is 1.81. The van der Waals surface area contributed by atoms with Crippen molar-refractivity contribution >= 4 is 11.2 Å². The van der Waals surface area contributed by atoms with E-state index in [2.05, 4.69) is 22.9 Å². The van der Waals surface area contributed by atoms with E-state index in [1.165, 1.54) is 0 Å². The summed E-state index contributed by atoms with van der Waals surface area (Å²) in [7, 11) is 2.01. The van der Waals surface area contributed by atoms with Gasteiger partial charge in [0, 0.05) is 25.2 Å². The van der Waals surface area contributed by atoms with Gasteiger partial charge in [-0.2, -0.15) is 0 Å². The molecule has 162 valence electrons. The van der Waals surface area contributed by atoms with E-state index >= 15 is 0 Å². The Bertz CT molecular complexity index is 1110. The number of nitrogens with one attached hydrogen (secondary N) is 1. The number of aromatic amines is 1. The van der Waals surface area contributed by atoms with Crippen LogP contribution in [0.15, 0.2) is 33.9 Å². The van der Waals surface area contributed by atoms with Crippen LogP contribution < -0.4 is 16.0 Å². The van der Waals surface area contributed by atoms with Crippen LogP contribution in [-0.4, -0.2) is 37.7 Å². The first-order valence-electron chi connectivity index (χ1n) is 10.6. The fourth-order valence-electron chi connectivity index (χ4n) is 3.72. The van der Waals surface area contributed by atoms with E-state index in [0.29, 0.717) is 43.9 Å². The van der Waals surface area contributed by atoms with Crippen LogP contribution in [0.2, 0.25) is 0 Å². The highest BCUT2D eigenvalue weighted by molar-refractivity contribution is 5.71.